The average Bonchev–Trinajstić information content (AvgIpc) is 3.02. The van der Waals surface area contributed by atoms with Crippen LogP contribution < -0.4 is 10.6 Å². The molecule has 0 atom stereocenters. The van der Waals surface area contributed by atoms with Gasteiger partial charge in [-0.3, -0.25) is 9.39 Å². The van der Waals surface area contributed by atoms with Gasteiger partial charge >= 0.3 is 6.09 Å². The Balaban J connectivity index is 1.44. The molecule has 3 heterocycles. The summed E-state index contributed by atoms with van der Waals surface area (Å²) >= 11 is 0. The van der Waals surface area contributed by atoms with Crippen molar-refractivity contribution in [1.29, 1.82) is 0 Å². The molecule has 3 rings (SSSR count). The Labute approximate surface area is 171 Å². The van der Waals surface area contributed by atoms with Crippen LogP contribution in [0, 0.1) is 0 Å². The van der Waals surface area contributed by atoms with E-state index >= 15 is 0 Å². The van der Waals surface area contributed by atoms with Crippen molar-refractivity contribution in [2.45, 2.75) is 52.2 Å². The molecule has 1 aliphatic heterocycles. The van der Waals surface area contributed by atoms with Gasteiger partial charge < -0.3 is 20.3 Å². The number of carbonyl (C=O) groups excluding carboxylic acids is 1. The SMILES string of the molecule is CCNC(=NCCCc1nnc2ccccn12)NC1CN(C(=O)OC(C)(C)C)C1. The second kappa shape index (κ2) is 9.11. The summed E-state index contributed by atoms with van der Waals surface area (Å²) in [7, 11) is 0. The Kier molecular flexibility index (Phi) is 6.56. The van der Waals surface area contributed by atoms with Crippen LogP contribution in [0.1, 0.15) is 39.9 Å². The summed E-state index contributed by atoms with van der Waals surface area (Å²) in [5, 5.41) is 15.1. The van der Waals surface area contributed by atoms with Crippen LogP contribution in [-0.4, -0.2) is 69.4 Å². The zero-order valence-electron chi connectivity index (χ0n) is 17.7. The van der Waals surface area contributed by atoms with Gasteiger partial charge in [-0.15, -0.1) is 10.2 Å². The Morgan fingerprint density at radius 1 is 1.31 bits per heavy atom. The molecule has 0 aromatic carbocycles. The van der Waals surface area contributed by atoms with Crippen LogP contribution in [-0.2, 0) is 11.2 Å². The third-order valence-electron chi connectivity index (χ3n) is 4.43. The minimum absolute atomic E-state index is 0.181. The lowest BCUT2D eigenvalue weighted by Crippen LogP contribution is -2.63. The van der Waals surface area contributed by atoms with E-state index in [1.165, 1.54) is 0 Å². The minimum Gasteiger partial charge on any atom is -0.444 e. The van der Waals surface area contributed by atoms with Crippen molar-refractivity contribution in [3.05, 3.63) is 30.2 Å². The topological polar surface area (TPSA) is 96.1 Å². The highest BCUT2D eigenvalue weighted by molar-refractivity contribution is 5.80. The summed E-state index contributed by atoms with van der Waals surface area (Å²) in [6, 6.07) is 6.06. The van der Waals surface area contributed by atoms with Crippen molar-refractivity contribution >= 4 is 17.7 Å². The largest absolute Gasteiger partial charge is 0.444 e. The summed E-state index contributed by atoms with van der Waals surface area (Å²) < 4.78 is 7.39. The van der Waals surface area contributed by atoms with Crippen LogP contribution >= 0.6 is 0 Å². The van der Waals surface area contributed by atoms with Crippen molar-refractivity contribution < 1.29 is 9.53 Å². The van der Waals surface area contributed by atoms with Crippen molar-refractivity contribution in [2.75, 3.05) is 26.2 Å². The molecule has 0 spiro atoms. The highest BCUT2D eigenvalue weighted by Gasteiger charge is 2.34. The Bertz CT molecular complexity index is 850. The Morgan fingerprint density at radius 2 is 2.10 bits per heavy atom. The second-order valence-corrected chi connectivity index (χ2v) is 8.14. The predicted molar refractivity (Wildman–Crippen MR) is 112 cm³/mol. The molecule has 0 bridgehead atoms. The number of nitrogens with one attached hydrogen (secondary N) is 2. The Hall–Kier alpha value is -2.84. The van der Waals surface area contributed by atoms with Gasteiger partial charge in [0.15, 0.2) is 11.6 Å². The number of likely N-dealkylation sites (tertiary alicyclic amines) is 1. The van der Waals surface area contributed by atoms with Crippen molar-refractivity contribution in [3.8, 4) is 0 Å². The number of amides is 1. The first kappa shape index (κ1) is 20.9. The van der Waals surface area contributed by atoms with Gasteiger partial charge in [-0.2, -0.15) is 0 Å². The fourth-order valence-corrected chi connectivity index (χ4v) is 3.05. The van der Waals surface area contributed by atoms with Gasteiger partial charge in [-0.05, 0) is 46.2 Å². The van der Waals surface area contributed by atoms with E-state index in [0.717, 1.165) is 36.8 Å². The number of aryl methyl sites for hydroxylation is 1. The first-order chi connectivity index (χ1) is 13.9. The summed E-state index contributed by atoms with van der Waals surface area (Å²) in [6.45, 7) is 10.3. The molecular formula is C20H31N7O2. The third kappa shape index (κ3) is 5.82. The Morgan fingerprint density at radius 3 is 2.83 bits per heavy atom. The molecule has 1 saturated heterocycles. The monoisotopic (exact) mass is 401 g/mol. The molecule has 0 aliphatic carbocycles. The van der Waals surface area contributed by atoms with E-state index in [0.29, 0.717) is 19.6 Å². The zero-order chi connectivity index (χ0) is 20.9. The maximum Gasteiger partial charge on any atom is 0.410 e. The summed E-state index contributed by atoms with van der Waals surface area (Å²) in [5.41, 5.74) is 0.391. The summed E-state index contributed by atoms with van der Waals surface area (Å²) in [6.07, 6.45) is 3.40. The molecule has 0 saturated carbocycles. The molecule has 0 radical (unpaired) electrons. The van der Waals surface area contributed by atoms with Gasteiger partial charge in [0, 0.05) is 38.8 Å². The number of aliphatic imine (C=N–C) groups is 1. The normalized spacial score (nSPS) is 15.3. The fraction of sp³-hybridized carbons (Fsp3) is 0.600. The molecule has 9 nitrogen and oxygen atoms in total. The van der Waals surface area contributed by atoms with E-state index in [1.807, 2.05) is 56.5 Å². The van der Waals surface area contributed by atoms with Crippen molar-refractivity contribution in [2.24, 2.45) is 4.99 Å². The van der Waals surface area contributed by atoms with E-state index in [2.05, 4.69) is 25.8 Å². The smallest absolute Gasteiger partial charge is 0.410 e. The molecule has 9 heteroatoms. The first-order valence-electron chi connectivity index (χ1n) is 10.2. The van der Waals surface area contributed by atoms with Crippen LogP contribution in [0.15, 0.2) is 29.4 Å². The molecule has 1 aliphatic rings. The van der Waals surface area contributed by atoms with E-state index in [-0.39, 0.29) is 12.1 Å². The molecular weight excluding hydrogens is 370 g/mol. The lowest BCUT2D eigenvalue weighted by molar-refractivity contribution is 0.00701. The van der Waals surface area contributed by atoms with E-state index in [1.54, 1.807) is 4.90 Å². The number of nitrogens with zero attached hydrogens (tertiary/aromatic N) is 5. The van der Waals surface area contributed by atoms with Crippen molar-refractivity contribution in [3.63, 3.8) is 0 Å². The van der Waals surface area contributed by atoms with E-state index in [9.17, 15) is 4.79 Å². The molecule has 29 heavy (non-hydrogen) atoms. The summed E-state index contributed by atoms with van der Waals surface area (Å²) in [4.78, 5) is 18.4. The molecule has 1 amide bonds. The number of ether oxygens (including phenoxy) is 1. The number of pyridine rings is 1. The average molecular weight is 402 g/mol. The number of rotatable bonds is 6. The van der Waals surface area contributed by atoms with Gasteiger partial charge in [-0.25, -0.2) is 4.79 Å². The highest BCUT2D eigenvalue weighted by Crippen LogP contribution is 2.15. The van der Waals surface area contributed by atoms with Crippen LogP contribution in [0.5, 0.6) is 0 Å². The van der Waals surface area contributed by atoms with Gasteiger partial charge in [-0.1, -0.05) is 6.07 Å². The van der Waals surface area contributed by atoms with E-state index < -0.39 is 5.60 Å². The lowest BCUT2D eigenvalue weighted by Gasteiger charge is -2.40. The molecule has 1 fully saturated rings. The minimum atomic E-state index is -0.471. The van der Waals surface area contributed by atoms with Gasteiger partial charge in [0.25, 0.3) is 0 Å². The van der Waals surface area contributed by atoms with Gasteiger partial charge in [0.05, 0.1) is 6.04 Å². The zero-order valence-corrected chi connectivity index (χ0v) is 17.7. The molecule has 158 valence electrons. The first-order valence-corrected chi connectivity index (χ1v) is 10.2. The number of carbonyl (C=O) groups is 1. The number of guanidine groups is 1. The van der Waals surface area contributed by atoms with Crippen LogP contribution in [0.3, 0.4) is 0 Å². The molecule has 0 unspecified atom stereocenters. The fourth-order valence-electron chi connectivity index (χ4n) is 3.05. The van der Waals surface area contributed by atoms with Crippen LogP contribution in [0.25, 0.3) is 5.65 Å². The number of hydrogen-bond acceptors (Lipinski definition) is 5. The highest BCUT2D eigenvalue weighted by atomic mass is 16.6. The maximum absolute atomic E-state index is 12.0. The quantitative estimate of drug-likeness (QED) is 0.436. The number of fused-ring (bicyclic) bond motifs is 1. The predicted octanol–water partition coefficient (Wildman–Crippen LogP) is 1.84. The summed E-state index contributed by atoms with van der Waals surface area (Å²) in [5.74, 6) is 1.72. The molecule has 2 N–H and O–H groups in total. The standard InChI is InChI=1S/C20H31N7O2/c1-5-21-18(23-15-13-26(14-15)19(28)29-20(2,3)4)22-11-8-10-17-25-24-16-9-6-7-12-27(16)17/h6-7,9,12,15H,5,8,10-11,13-14H2,1-4H3,(H2,21,22,23). The molecule has 2 aromatic rings. The van der Waals surface area contributed by atoms with Gasteiger partial charge in [0.1, 0.15) is 11.4 Å². The third-order valence-corrected chi connectivity index (χ3v) is 4.43. The number of hydrogen-bond donors (Lipinski definition) is 2. The van der Waals surface area contributed by atoms with Crippen molar-refractivity contribution in [1.82, 2.24) is 30.1 Å². The second-order valence-electron chi connectivity index (χ2n) is 8.14. The maximum atomic E-state index is 12.0. The van der Waals surface area contributed by atoms with Crippen LogP contribution in [0.2, 0.25) is 0 Å². The molecule has 2 aromatic heterocycles. The number of aromatic nitrogens is 3. The van der Waals surface area contributed by atoms with Crippen LogP contribution in [0.4, 0.5) is 4.79 Å². The van der Waals surface area contributed by atoms with Gasteiger partial charge in [0.2, 0.25) is 0 Å². The van der Waals surface area contributed by atoms with E-state index in [4.69, 9.17) is 4.74 Å². The lowest BCUT2D eigenvalue weighted by atomic mass is 10.1.